The largest absolute Gasteiger partial charge is 0.326 e. The van der Waals surface area contributed by atoms with Gasteiger partial charge >= 0.3 is 0 Å². The average molecular weight is 378 g/mol. The van der Waals surface area contributed by atoms with Crippen molar-refractivity contribution in [3.63, 3.8) is 0 Å². The van der Waals surface area contributed by atoms with Crippen LogP contribution in [0, 0.1) is 6.92 Å². The molecule has 0 amide bonds. The van der Waals surface area contributed by atoms with Crippen molar-refractivity contribution in [2.75, 3.05) is 13.1 Å². The summed E-state index contributed by atoms with van der Waals surface area (Å²) in [7, 11) is 0. The molecule has 25 heavy (non-hydrogen) atoms. The molecule has 1 aliphatic rings. The quantitative estimate of drug-likeness (QED) is 0.753. The van der Waals surface area contributed by atoms with Gasteiger partial charge in [0.15, 0.2) is 0 Å². The van der Waals surface area contributed by atoms with Crippen LogP contribution < -0.4 is 11.3 Å². The Kier molecular flexibility index (Phi) is 5.19. The maximum absolute atomic E-state index is 12.0. The Morgan fingerprint density at radius 2 is 2.04 bits per heavy atom. The summed E-state index contributed by atoms with van der Waals surface area (Å²) in [6.45, 7) is 4.26. The molecular formula is C17H20ClN5OS. The van der Waals surface area contributed by atoms with Gasteiger partial charge in [-0.1, -0.05) is 41.7 Å². The van der Waals surface area contributed by atoms with Crippen LogP contribution in [0.4, 0.5) is 0 Å². The van der Waals surface area contributed by atoms with Crippen molar-refractivity contribution >= 4 is 28.7 Å². The molecule has 0 unspecified atom stereocenters. The van der Waals surface area contributed by atoms with Crippen LogP contribution in [-0.4, -0.2) is 38.6 Å². The minimum atomic E-state index is -0.125. The number of rotatable bonds is 3. The summed E-state index contributed by atoms with van der Waals surface area (Å²) >= 11 is 1.47. The summed E-state index contributed by atoms with van der Waals surface area (Å²) in [4.78, 5) is 19.3. The van der Waals surface area contributed by atoms with E-state index in [0.29, 0.717) is 17.4 Å². The van der Waals surface area contributed by atoms with Gasteiger partial charge in [0, 0.05) is 36.8 Å². The molecule has 0 aliphatic carbocycles. The average Bonchev–Trinajstić information content (AvgIpc) is 3.11. The van der Waals surface area contributed by atoms with Crippen molar-refractivity contribution in [2.45, 2.75) is 25.4 Å². The zero-order chi connectivity index (χ0) is 16.7. The lowest BCUT2D eigenvalue weighted by Gasteiger charge is -2.14. The topological polar surface area (TPSA) is 76.5 Å². The van der Waals surface area contributed by atoms with Crippen LogP contribution >= 0.6 is 23.7 Å². The molecule has 1 saturated heterocycles. The second-order valence-electron chi connectivity index (χ2n) is 6.30. The van der Waals surface area contributed by atoms with Crippen molar-refractivity contribution < 1.29 is 0 Å². The molecule has 1 aromatic carbocycles. The molecule has 0 spiro atoms. The van der Waals surface area contributed by atoms with Crippen molar-refractivity contribution in [1.29, 1.82) is 0 Å². The minimum absolute atomic E-state index is 0. The van der Waals surface area contributed by atoms with Gasteiger partial charge in [-0.3, -0.25) is 9.69 Å². The summed E-state index contributed by atoms with van der Waals surface area (Å²) in [5, 5.41) is 5.31. The molecule has 2 N–H and O–H groups in total. The Labute approximate surface area is 155 Å². The molecule has 4 rings (SSSR count). The highest BCUT2D eigenvalue weighted by Crippen LogP contribution is 2.27. The number of fused-ring (bicyclic) bond motifs is 1. The van der Waals surface area contributed by atoms with Crippen molar-refractivity contribution in [2.24, 2.45) is 5.73 Å². The SMILES string of the molecule is Cc1cc(=O)n2nc(CN3C[C@@H](N)[C@H](c4ccccc4)C3)sc2n1.Cl. The van der Waals surface area contributed by atoms with Gasteiger partial charge in [-0.25, -0.2) is 4.98 Å². The number of likely N-dealkylation sites (tertiary alicyclic amines) is 1. The van der Waals surface area contributed by atoms with Gasteiger partial charge in [0.2, 0.25) is 4.96 Å². The predicted molar refractivity (Wildman–Crippen MR) is 102 cm³/mol. The Hall–Kier alpha value is -1.80. The molecule has 2 aromatic heterocycles. The molecule has 6 nitrogen and oxygen atoms in total. The Bertz CT molecular complexity index is 926. The maximum Gasteiger partial charge on any atom is 0.275 e. The summed E-state index contributed by atoms with van der Waals surface area (Å²) < 4.78 is 1.39. The van der Waals surface area contributed by atoms with E-state index in [1.807, 2.05) is 13.0 Å². The monoisotopic (exact) mass is 377 g/mol. The van der Waals surface area contributed by atoms with Crippen molar-refractivity contribution in [3.8, 4) is 0 Å². The van der Waals surface area contributed by atoms with Crippen LogP contribution in [0.25, 0.3) is 4.96 Å². The van der Waals surface area contributed by atoms with Crippen LogP contribution in [-0.2, 0) is 6.54 Å². The van der Waals surface area contributed by atoms with Crippen molar-refractivity contribution in [1.82, 2.24) is 19.5 Å². The lowest BCUT2D eigenvalue weighted by atomic mass is 9.95. The predicted octanol–water partition coefficient (Wildman–Crippen LogP) is 1.81. The fourth-order valence-corrected chi connectivity index (χ4v) is 4.30. The molecule has 8 heteroatoms. The minimum Gasteiger partial charge on any atom is -0.326 e. The Morgan fingerprint density at radius 1 is 1.28 bits per heavy atom. The molecule has 3 aromatic rings. The molecule has 0 saturated carbocycles. The third kappa shape index (κ3) is 3.59. The number of aryl methyl sites for hydroxylation is 1. The zero-order valence-corrected chi connectivity index (χ0v) is 15.5. The number of nitrogens with zero attached hydrogens (tertiary/aromatic N) is 4. The number of benzene rings is 1. The van der Waals surface area contributed by atoms with E-state index in [-0.39, 0.29) is 24.0 Å². The first kappa shape index (κ1) is 18.0. The number of hydrogen-bond donors (Lipinski definition) is 1. The fraction of sp³-hybridized carbons (Fsp3) is 0.353. The van der Waals surface area contributed by atoms with Crippen LogP contribution in [0.5, 0.6) is 0 Å². The first-order chi connectivity index (χ1) is 11.6. The highest BCUT2D eigenvalue weighted by molar-refractivity contribution is 7.16. The smallest absolute Gasteiger partial charge is 0.275 e. The van der Waals surface area contributed by atoms with Gasteiger partial charge in [-0.15, -0.1) is 12.4 Å². The maximum atomic E-state index is 12.0. The zero-order valence-electron chi connectivity index (χ0n) is 13.8. The van der Waals surface area contributed by atoms with Gasteiger partial charge < -0.3 is 5.73 Å². The van der Waals surface area contributed by atoms with E-state index in [0.717, 1.165) is 23.8 Å². The Morgan fingerprint density at radius 3 is 2.80 bits per heavy atom. The summed E-state index contributed by atoms with van der Waals surface area (Å²) in [5.74, 6) is 0.337. The third-order valence-corrected chi connectivity index (χ3v) is 5.34. The lowest BCUT2D eigenvalue weighted by Crippen LogP contribution is -2.28. The van der Waals surface area contributed by atoms with E-state index in [4.69, 9.17) is 5.73 Å². The molecule has 1 fully saturated rings. The van der Waals surface area contributed by atoms with Crippen LogP contribution in [0.1, 0.15) is 22.2 Å². The van der Waals surface area contributed by atoms with Gasteiger partial charge in [0.05, 0.1) is 6.54 Å². The van der Waals surface area contributed by atoms with E-state index in [1.54, 1.807) is 0 Å². The van der Waals surface area contributed by atoms with Gasteiger partial charge in [-0.2, -0.15) is 9.61 Å². The second kappa shape index (κ2) is 7.21. The van der Waals surface area contributed by atoms with E-state index in [2.05, 4.69) is 39.2 Å². The summed E-state index contributed by atoms with van der Waals surface area (Å²) in [5.41, 5.74) is 8.23. The number of nitrogens with two attached hydrogens (primary N) is 1. The molecule has 3 heterocycles. The second-order valence-corrected chi connectivity index (χ2v) is 7.34. The molecular weight excluding hydrogens is 358 g/mol. The van der Waals surface area contributed by atoms with E-state index < -0.39 is 0 Å². The molecule has 1 aliphatic heterocycles. The number of hydrogen-bond acceptors (Lipinski definition) is 6. The number of halogens is 1. The van der Waals surface area contributed by atoms with E-state index in [9.17, 15) is 4.79 Å². The lowest BCUT2D eigenvalue weighted by molar-refractivity contribution is 0.322. The molecule has 0 radical (unpaired) electrons. The first-order valence-corrected chi connectivity index (χ1v) is 8.81. The van der Waals surface area contributed by atoms with Crippen molar-refractivity contribution in [3.05, 3.63) is 63.0 Å². The van der Waals surface area contributed by atoms with Crippen LogP contribution in [0.3, 0.4) is 0 Å². The standard InChI is InChI=1S/C17H19N5OS.ClH/c1-11-7-16(23)22-17(19-11)24-15(20-22)10-21-8-13(14(18)9-21)12-5-3-2-4-6-12;/h2-7,13-14H,8-10,18H2,1H3;1H/t13-,14+;/m0./s1. The number of aromatic nitrogens is 3. The van der Waals surface area contributed by atoms with E-state index >= 15 is 0 Å². The van der Waals surface area contributed by atoms with Gasteiger partial charge in [0.1, 0.15) is 5.01 Å². The Balaban J connectivity index is 0.00000182. The highest BCUT2D eigenvalue weighted by Gasteiger charge is 2.31. The molecule has 132 valence electrons. The summed E-state index contributed by atoms with van der Waals surface area (Å²) in [6.07, 6.45) is 0. The highest BCUT2D eigenvalue weighted by atomic mass is 35.5. The normalized spacial score (nSPS) is 20.7. The van der Waals surface area contributed by atoms with Crippen LogP contribution in [0.15, 0.2) is 41.2 Å². The third-order valence-electron chi connectivity index (χ3n) is 4.44. The van der Waals surface area contributed by atoms with Gasteiger partial charge in [-0.05, 0) is 12.5 Å². The summed E-state index contributed by atoms with van der Waals surface area (Å²) in [6, 6.07) is 12.0. The van der Waals surface area contributed by atoms with E-state index in [1.165, 1.54) is 27.5 Å². The molecule has 0 bridgehead atoms. The van der Waals surface area contributed by atoms with Crippen LogP contribution in [0.2, 0.25) is 0 Å². The molecule has 2 atom stereocenters. The van der Waals surface area contributed by atoms with Gasteiger partial charge in [0.25, 0.3) is 5.56 Å². The fourth-order valence-electron chi connectivity index (χ4n) is 3.31. The first-order valence-electron chi connectivity index (χ1n) is 7.99.